The van der Waals surface area contributed by atoms with Crippen LogP contribution in [0, 0.1) is 17.0 Å². The van der Waals surface area contributed by atoms with Gasteiger partial charge in [0.1, 0.15) is 5.82 Å². The van der Waals surface area contributed by atoms with Gasteiger partial charge in [-0.15, -0.1) is 0 Å². The first-order valence-electron chi connectivity index (χ1n) is 6.31. The van der Waals surface area contributed by atoms with E-state index in [9.17, 15) is 13.9 Å². The lowest BCUT2D eigenvalue weighted by Crippen LogP contribution is -2.35. The fourth-order valence-electron chi connectivity index (χ4n) is 2.51. The SMILES string of the molecule is OCC1(CNc2ncc(F)cc2F)CCCCC1. The van der Waals surface area contributed by atoms with Gasteiger partial charge in [-0.25, -0.2) is 13.8 Å². The van der Waals surface area contributed by atoms with E-state index in [1.165, 1.54) is 6.42 Å². The number of hydrogen-bond donors (Lipinski definition) is 2. The van der Waals surface area contributed by atoms with Crippen LogP contribution < -0.4 is 5.32 Å². The summed E-state index contributed by atoms with van der Waals surface area (Å²) in [5.41, 5.74) is -0.194. The van der Waals surface area contributed by atoms with Crippen molar-refractivity contribution in [3.63, 3.8) is 0 Å². The highest BCUT2D eigenvalue weighted by atomic mass is 19.1. The highest BCUT2D eigenvalue weighted by Gasteiger charge is 2.31. The first-order valence-corrected chi connectivity index (χ1v) is 6.31. The number of rotatable bonds is 4. The summed E-state index contributed by atoms with van der Waals surface area (Å²) in [7, 11) is 0. The van der Waals surface area contributed by atoms with Crippen molar-refractivity contribution in [2.45, 2.75) is 32.1 Å². The van der Waals surface area contributed by atoms with Crippen molar-refractivity contribution >= 4 is 5.82 Å². The van der Waals surface area contributed by atoms with Crippen molar-refractivity contribution in [2.75, 3.05) is 18.5 Å². The van der Waals surface area contributed by atoms with Gasteiger partial charge in [0.15, 0.2) is 11.6 Å². The highest BCUT2D eigenvalue weighted by Crippen LogP contribution is 2.36. The molecule has 0 aromatic carbocycles. The molecule has 0 amide bonds. The van der Waals surface area contributed by atoms with Crippen LogP contribution in [-0.2, 0) is 0 Å². The summed E-state index contributed by atoms with van der Waals surface area (Å²) < 4.78 is 26.1. The largest absolute Gasteiger partial charge is 0.396 e. The Bertz CT molecular complexity index is 406. The van der Waals surface area contributed by atoms with E-state index < -0.39 is 11.6 Å². The third-order valence-corrected chi connectivity index (χ3v) is 3.69. The lowest BCUT2D eigenvalue weighted by Gasteiger charge is -2.35. The number of aromatic nitrogens is 1. The quantitative estimate of drug-likeness (QED) is 0.870. The Hall–Kier alpha value is -1.23. The summed E-state index contributed by atoms with van der Waals surface area (Å²) in [6.45, 7) is 0.557. The number of aliphatic hydroxyl groups excluding tert-OH is 1. The predicted octanol–water partition coefficient (Wildman–Crippen LogP) is 2.71. The number of halogens is 2. The molecule has 0 spiro atoms. The zero-order valence-electron chi connectivity index (χ0n) is 10.3. The van der Waals surface area contributed by atoms with Gasteiger partial charge in [0.2, 0.25) is 0 Å². The summed E-state index contributed by atoms with van der Waals surface area (Å²) in [5.74, 6) is -1.33. The molecule has 0 atom stereocenters. The molecule has 0 saturated heterocycles. The van der Waals surface area contributed by atoms with Crippen LogP contribution in [0.3, 0.4) is 0 Å². The minimum atomic E-state index is -0.695. The Kier molecular flexibility index (Phi) is 4.11. The minimum absolute atomic E-state index is 0.0507. The Morgan fingerprint density at radius 2 is 2.00 bits per heavy atom. The fourth-order valence-corrected chi connectivity index (χ4v) is 2.51. The molecule has 100 valence electrons. The van der Waals surface area contributed by atoms with Crippen molar-refractivity contribution in [3.8, 4) is 0 Å². The molecule has 1 aliphatic rings. The van der Waals surface area contributed by atoms with E-state index in [0.29, 0.717) is 6.54 Å². The first kappa shape index (κ1) is 13.2. The van der Waals surface area contributed by atoms with Crippen molar-refractivity contribution in [3.05, 3.63) is 23.9 Å². The molecule has 0 unspecified atom stereocenters. The molecule has 0 radical (unpaired) electrons. The molecule has 18 heavy (non-hydrogen) atoms. The monoisotopic (exact) mass is 256 g/mol. The maximum atomic E-state index is 13.4. The molecule has 1 saturated carbocycles. The normalized spacial score (nSPS) is 18.6. The molecule has 1 heterocycles. The van der Waals surface area contributed by atoms with Crippen LogP contribution in [-0.4, -0.2) is 23.2 Å². The zero-order chi connectivity index (χ0) is 13.0. The van der Waals surface area contributed by atoms with Gasteiger partial charge in [-0.05, 0) is 12.8 Å². The molecular weight excluding hydrogens is 238 g/mol. The molecule has 1 fully saturated rings. The Morgan fingerprint density at radius 3 is 2.61 bits per heavy atom. The number of pyridine rings is 1. The minimum Gasteiger partial charge on any atom is -0.396 e. The van der Waals surface area contributed by atoms with Crippen LogP contribution >= 0.6 is 0 Å². The van der Waals surface area contributed by atoms with E-state index in [-0.39, 0.29) is 17.8 Å². The van der Waals surface area contributed by atoms with Gasteiger partial charge in [-0.3, -0.25) is 0 Å². The van der Waals surface area contributed by atoms with Gasteiger partial charge in [0, 0.05) is 18.0 Å². The van der Waals surface area contributed by atoms with Crippen molar-refractivity contribution < 1.29 is 13.9 Å². The number of aliphatic hydroxyl groups is 1. The molecule has 2 rings (SSSR count). The van der Waals surface area contributed by atoms with Crippen molar-refractivity contribution in [2.24, 2.45) is 5.41 Å². The maximum absolute atomic E-state index is 13.4. The standard InChI is InChI=1S/C13H18F2N2O/c14-10-6-11(15)12(16-7-10)17-8-13(9-18)4-2-1-3-5-13/h6-7,18H,1-5,8-9H2,(H,16,17). The van der Waals surface area contributed by atoms with Crippen LogP contribution in [0.1, 0.15) is 32.1 Å². The summed E-state index contributed by atoms with van der Waals surface area (Å²) >= 11 is 0. The molecule has 1 aromatic heterocycles. The van der Waals surface area contributed by atoms with Crippen LogP contribution in [0.5, 0.6) is 0 Å². The van der Waals surface area contributed by atoms with Gasteiger partial charge in [0.25, 0.3) is 0 Å². The molecular formula is C13H18F2N2O. The number of hydrogen-bond acceptors (Lipinski definition) is 3. The number of nitrogens with zero attached hydrogens (tertiary/aromatic N) is 1. The van der Waals surface area contributed by atoms with E-state index in [2.05, 4.69) is 10.3 Å². The predicted molar refractivity (Wildman–Crippen MR) is 65.2 cm³/mol. The van der Waals surface area contributed by atoms with Crippen LogP contribution in [0.4, 0.5) is 14.6 Å². The lowest BCUT2D eigenvalue weighted by atomic mass is 9.74. The molecule has 0 bridgehead atoms. The van der Waals surface area contributed by atoms with Gasteiger partial charge in [0.05, 0.1) is 12.8 Å². The third kappa shape index (κ3) is 2.96. The molecule has 3 nitrogen and oxygen atoms in total. The van der Waals surface area contributed by atoms with Crippen LogP contribution in [0.2, 0.25) is 0 Å². The van der Waals surface area contributed by atoms with Crippen molar-refractivity contribution in [1.29, 1.82) is 0 Å². The van der Waals surface area contributed by atoms with Gasteiger partial charge in [-0.1, -0.05) is 19.3 Å². The van der Waals surface area contributed by atoms with Gasteiger partial charge >= 0.3 is 0 Å². The number of anilines is 1. The highest BCUT2D eigenvalue weighted by molar-refractivity contribution is 5.36. The third-order valence-electron chi connectivity index (χ3n) is 3.69. The second-order valence-corrected chi connectivity index (χ2v) is 5.06. The molecule has 1 aromatic rings. The number of nitrogens with one attached hydrogen (secondary N) is 1. The molecule has 0 aliphatic heterocycles. The van der Waals surface area contributed by atoms with E-state index in [1.54, 1.807) is 0 Å². The van der Waals surface area contributed by atoms with Crippen molar-refractivity contribution in [1.82, 2.24) is 4.98 Å². The summed E-state index contributed by atoms with van der Waals surface area (Å²) in [6.07, 6.45) is 6.20. The molecule has 5 heteroatoms. The van der Waals surface area contributed by atoms with Crippen LogP contribution in [0.15, 0.2) is 12.3 Å². The average Bonchev–Trinajstić information content (AvgIpc) is 2.39. The van der Waals surface area contributed by atoms with Gasteiger partial charge in [-0.2, -0.15) is 0 Å². The smallest absolute Gasteiger partial charge is 0.168 e. The summed E-state index contributed by atoms with van der Waals surface area (Å²) in [5, 5.41) is 12.4. The maximum Gasteiger partial charge on any atom is 0.168 e. The fraction of sp³-hybridized carbons (Fsp3) is 0.615. The Labute approximate surface area is 105 Å². The second-order valence-electron chi connectivity index (χ2n) is 5.06. The average molecular weight is 256 g/mol. The zero-order valence-corrected chi connectivity index (χ0v) is 10.3. The molecule has 2 N–H and O–H groups in total. The Morgan fingerprint density at radius 1 is 1.28 bits per heavy atom. The van der Waals surface area contributed by atoms with E-state index in [4.69, 9.17) is 0 Å². The van der Waals surface area contributed by atoms with E-state index in [1.807, 2.05) is 0 Å². The lowest BCUT2D eigenvalue weighted by molar-refractivity contribution is 0.0942. The first-order chi connectivity index (χ1) is 8.65. The summed E-state index contributed by atoms with van der Waals surface area (Å²) in [6, 6.07) is 0.807. The topological polar surface area (TPSA) is 45.1 Å². The summed E-state index contributed by atoms with van der Waals surface area (Å²) in [4.78, 5) is 3.68. The van der Waals surface area contributed by atoms with E-state index in [0.717, 1.165) is 37.9 Å². The van der Waals surface area contributed by atoms with Crippen LogP contribution in [0.25, 0.3) is 0 Å². The second kappa shape index (κ2) is 5.61. The molecule has 1 aliphatic carbocycles. The van der Waals surface area contributed by atoms with Gasteiger partial charge < -0.3 is 10.4 Å². The Balaban J connectivity index is 2.01. The van der Waals surface area contributed by atoms with E-state index >= 15 is 0 Å².